The summed E-state index contributed by atoms with van der Waals surface area (Å²) in [6.45, 7) is -0.687. The van der Waals surface area contributed by atoms with Crippen LogP contribution in [0.1, 0.15) is 23.1 Å². The molecule has 0 aromatic heterocycles. The number of benzene rings is 2. The predicted molar refractivity (Wildman–Crippen MR) is 128 cm³/mol. The minimum atomic E-state index is -3.95. The number of terminal acetylenes is 1. The molecule has 2 aromatic rings. The molecule has 0 saturated heterocycles. The molecular weight excluding hydrogens is 458 g/mol. The summed E-state index contributed by atoms with van der Waals surface area (Å²) in [5, 5.41) is 22.0. The van der Waals surface area contributed by atoms with Gasteiger partial charge in [-0.25, -0.2) is 13.1 Å². The van der Waals surface area contributed by atoms with E-state index in [0.717, 1.165) is 5.56 Å². The van der Waals surface area contributed by atoms with E-state index in [4.69, 9.17) is 17.6 Å². The molecule has 0 bridgehead atoms. The number of rotatable bonds is 12. The van der Waals surface area contributed by atoms with Crippen molar-refractivity contribution in [3.05, 3.63) is 71.3 Å². The molecule has 2 amide bonds. The summed E-state index contributed by atoms with van der Waals surface area (Å²) in [6, 6.07) is 12.4. The number of aliphatic hydroxyl groups excluding tert-OH is 1. The van der Waals surface area contributed by atoms with Crippen molar-refractivity contribution in [3.63, 3.8) is 0 Å². The van der Waals surface area contributed by atoms with E-state index in [9.17, 15) is 23.1 Å². The Hall–Kier alpha value is -3.72. The Morgan fingerprint density at radius 3 is 2.24 bits per heavy atom. The van der Waals surface area contributed by atoms with Gasteiger partial charge in [0.15, 0.2) is 0 Å². The van der Waals surface area contributed by atoms with Gasteiger partial charge >= 0.3 is 0 Å². The van der Waals surface area contributed by atoms with Crippen LogP contribution in [-0.4, -0.2) is 49.9 Å². The van der Waals surface area contributed by atoms with Crippen molar-refractivity contribution >= 4 is 27.7 Å². The molecule has 34 heavy (non-hydrogen) atoms. The molecule has 2 rings (SSSR count). The minimum absolute atomic E-state index is 0.0785. The van der Waals surface area contributed by atoms with E-state index in [1.54, 1.807) is 54.6 Å². The first-order chi connectivity index (χ1) is 16.1. The van der Waals surface area contributed by atoms with Crippen molar-refractivity contribution in [2.24, 2.45) is 5.73 Å². The number of hydrogen-bond acceptors (Lipinski definition) is 6. The van der Waals surface area contributed by atoms with E-state index in [1.165, 1.54) is 0 Å². The molecule has 2 atom stereocenters. The maximum Gasteiger partial charge on any atom is 0.243 e. The molecule has 7 N–H and O–H groups in total. The molecule has 11 heteroatoms. The maximum atomic E-state index is 12.6. The number of carbonyl (C=O) groups excluding carboxylic acids is 2. The number of amides is 2. The molecule has 0 saturated carbocycles. The summed E-state index contributed by atoms with van der Waals surface area (Å²) in [5.41, 5.74) is 7.19. The molecule has 10 nitrogen and oxygen atoms in total. The molecule has 180 valence electrons. The smallest absolute Gasteiger partial charge is 0.243 e. The van der Waals surface area contributed by atoms with Crippen LogP contribution in [0.3, 0.4) is 0 Å². The second kappa shape index (κ2) is 12.5. The summed E-state index contributed by atoms with van der Waals surface area (Å²) in [5.74, 6) is 0.370. The van der Waals surface area contributed by atoms with E-state index >= 15 is 0 Å². The molecular formula is C23H27N5O5S. The monoisotopic (exact) mass is 485 g/mol. The Morgan fingerprint density at radius 2 is 1.68 bits per heavy atom. The molecule has 0 aliphatic carbocycles. The molecule has 0 aliphatic rings. The lowest BCUT2D eigenvalue weighted by atomic mass is 10.1. The number of nitrogen functional groups attached to an aromatic ring is 1. The number of sulfonamides is 1. The highest BCUT2D eigenvalue weighted by atomic mass is 32.2. The van der Waals surface area contributed by atoms with Gasteiger partial charge in [-0.2, -0.15) is 0 Å². The second-order valence-corrected chi connectivity index (χ2v) is 9.15. The quantitative estimate of drug-likeness (QED) is 0.135. The van der Waals surface area contributed by atoms with Crippen molar-refractivity contribution in [1.82, 2.24) is 15.4 Å². The van der Waals surface area contributed by atoms with Gasteiger partial charge < -0.3 is 21.5 Å². The maximum absolute atomic E-state index is 12.6. The summed E-state index contributed by atoms with van der Waals surface area (Å²) >= 11 is 0. The first-order valence-electron chi connectivity index (χ1n) is 10.2. The Balaban J connectivity index is 1.98. The third kappa shape index (κ3) is 8.32. The van der Waals surface area contributed by atoms with Crippen molar-refractivity contribution < 1.29 is 23.1 Å². The third-order valence-electron chi connectivity index (χ3n) is 4.71. The highest BCUT2D eigenvalue weighted by molar-refractivity contribution is 7.88. The molecule has 0 spiro atoms. The Bertz CT molecular complexity index is 1140. The average Bonchev–Trinajstić information content (AvgIpc) is 2.81. The van der Waals surface area contributed by atoms with Gasteiger partial charge in [-0.15, -0.1) is 12.3 Å². The number of amidine groups is 1. The average molecular weight is 486 g/mol. The van der Waals surface area contributed by atoms with Gasteiger partial charge in [0, 0.05) is 18.5 Å². The van der Waals surface area contributed by atoms with E-state index in [2.05, 4.69) is 21.3 Å². The van der Waals surface area contributed by atoms with Crippen LogP contribution in [0.25, 0.3) is 0 Å². The zero-order valence-corrected chi connectivity index (χ0v) is 19.1. The SMILES string of the molecule is C#CC[C@H](NC(=O)[C@@H](CO)NS(=O)(=O)Cc1ccccc1)C(=O)NCc1ccc(C(=N)N)cc1. The Morgan fingerprint density at radius 1 is 1.03 bits per heavy atom. The summed E-state index contributed by atoms with van der Waals surface area (Å²) in [6.07, 6.45) is 5.17. The van der Waals surface area contributed by atoms with Gasteiger partial charge in [-0.3, -0.25) is 15.0 Å². The van der Waals surface area contributed by atoms with Crippen LogP contribution in [0.2, 0.25) is 0 Å². The zero-order chi connectivity index (χ0) is 25.1. The largest absolute Gasteiger partial charge is 0.394 e. The first-order valence-corrected chi connectivity index (χ1v) is 11.9. The predicted octanol–water partition coefficient (Wildman–Crippen LogP) is -0.425. The van der Waals surface area contributed by atoms with Crippen molar-refractivity contribution in [2.75, 3.05) is 6.61 Å². The van der Waals surface area contributed by atoms with Gasteiger partial charge in [-0.1, -0.05) is 54.6 Å². The lowest BCUT2D eigenvalue weighted by Crippen LogP contribution is -2.54. The highest BCUT2D eigenvalue weighted by Crippen LogP contribution is 2.06. The second-order valence-electron chi connectivity index (χ2n) is 7.40. The van der Waals surface area contributed by atoms with Crippen LogP contribution in [-0.2, 0) is 31.9 Å². The van der Waals surface area contributed by atoms with Gasteiger partial charge in [0.1, 0.15) is 17.9 Å². The first kappa shape index (κ1) is 26.5. The summed E-state index contributed by atoms with van der Waals surface area (Å²) < 4.78 is 27.0. The number of carbonyl (C=O) groups is 2. The molecule has 0 unspecified atom stereocenters. The molecule has 2 aromatic carbocycles. The summed E-state index contributed by atoms with van der Waals surface area (Å²) in [7, 11) is -3.95. The van der Waals surface area contributed by atoms with Crippen molar-refractivity contribution in [2.45, 2.75) is 30.8 Å². The summed E-state index contributed by atoms with van der Waals surface area (Å²) in [4.78, 5) is 25.2. The van der Waals surface area contributed by atoms with Crippen LogP contribution in [0.15, 0.2) is 54.6 Å². The van der Waals surface area contributed by atoms with Crippen molar-refractivity contribution in [3.8, 4) is 12.3 Å². The Kier molecular flexibility index (Phi) is 9.76. The van der Waals surface area contributed by atoms with Crippen molar-refractivity contribution in [1.29, 1.82) is 5.41 Å². The minimum Gasteiger partial charge on any atom is -0.394 e. The molecule has 0 aliphatic heterocycles. The van der Waals surface area contributed by atoms with Crippen LogP contribution in [0.4, 0.5) is 0 Å². The topological polar surface area (TPSA) is 174 Å². The van der Waals surface area contributed by atoms with Gasteiger partial charge in [0.25, 0.3) is 0 Å². The van der Waals surface area contributed by atoms with E-state index in [0.29, 0.717) is 11.1 Å². The van der Waals surface area contributed by atoms with E-state index in [1.807, 2.05) is 0 Å². The number of hydrogen-bond donors (Lipinski definition) is 6. The standard InChI is InChI=1S/C23H27N5O5S/c1-2-6-19(22(30)26-13-16-9-11-18(12-10-16)21(24)25)27-23(31)20(14-29)28-34(32,33)15-17-7-4-3-5-8-17/h1,3-5,7-12,19-20,28-29H,6,13-15H2,(H3,24,25)(H,26,30)(H,27,31)/t19-,20+/m0/s1. The van der Waals surface area contributed by atoms with Crippen LogP contribution >= 0.6 is 0 Å². The lowest BCUT2D eigenvalue weighted by Gasteiger charge is -2.21. The number of nitrogens with one attached hydrogen (secondary N) is 4. The van der Waals surface area contributed by atoms with Crippen LogP contribution in [0, 0.1) is 17.8 Å². The fraction of sp³-hybridized carbons (Fsp3) is 0.261. The normalized spacial score (nSPS) is 12.7. The number of nitrogens with two attached hydrogens (primary N) is 1. The highest BCUT2D eigenvalue weighted by Gasteiger charge is 2.28. The molecule has 0 fully saturated rings. The van der Waals surface area contributed by atoms with Gasteiger partial charge in [0.05, 0.1) is 12.4 Å². The zero-order valence-electron chi connectivity index (χ0n) is 18.3. The van der Waals surface area contributed by atoms with Crippen LogP contribution < -0.4 is 21.1 Å². The Labute approximate surface area is 198 Å². The molecule has 0 heterocycles. The third-order valence-corrected chi connectivity index (χ3v) is 6.06. The van der Waals surface area contributed by atoms with E-state index in [-0.39, 0.29) is 24.6 Å². The fourth-order valence-electron chi connectivity index (χ4n) is 2.94. The number of aliphatic hydroxyl groups is 1. The van der Waals surface area contributed by atoms with E-state index < -0.39 is 40.5 Å². The van der Waals surface area contributed by atoms with Gasteiger partial charge in [-0.05, 0) is 11.1 Å². The lowest BCUT2D eigenvalue weighted by molar-refractivity contribution is -0.130. The fourth-order valence-corrected chi connectivity index (χ4v) is 4.27. The molecule has 0 radical (unpaired) electrons. The van der Waals surface area contributed by atoms with Gasteiger partial charge in [0.2, 0.25) is 21.8 Å². The van der Waals surface area contributed by atoms with Crippen LogP contribution in [0.5, 0.6) is 0 Å².